The van der Waals surface area contributed by atoms with E-state index in [1.54, 1.807) is 0 Å². The summed E-state index contributed by atoms with van der Waals surface area (Å²) in [5, 5.41) is 9.47. The Bertz CT molecular complexity index is 978. The number of para-hydroxylation sites is 2. The van der Waals surface area contributed by atoms with Gasteiger partial charge in [0.15, 0.2) is 5.16 Å². The number of hydrogen-bond donors (Lipinski definition) is 0. The number of nitriles is 1. The van der Waals surface area contributed by atoms with E-state index in [0.29, 0.717) is 24.5 Å². The number of nitrogens with zero attached hydrogens (tertiary/aromatic N) is 4. The molecule has 0 bridgehead atoms. The maximum Gasteiger partial charge on any atom is 0.417 e. The maximum atomic E-state index is 12.8. The Morgan fingerprint density at radius 3 is 2.73 bits per heavy atom. The fourth-order valence-corrected chi connectivity index (χ4v) is 3.57. The Morgan fingerprint density at radius 2 is 2.04 bits per heavy atom. The fraction of sp³-hybridized carbons (Fsp3) is 0.235. The molecule has 0 saturated heterocycles. The standard InChI is InChI=1S/C17H12ClF3N4S/c18-12-9-11(17(19,20)21)10-23-15(12)26-16-24-13-5-1-2-6-14(13)25(16)8-4-3-7-22/h1-2,5-6,9-10H,3-4,8H2. The summed E-state index contributed by atoms with van der Waals surface area (Å²) < 4.78 is 40.2. The largest absolute Gasteiger partial charge is 0.417 e. The molecule has 0 unspecified atom stereocenters. The third-order valence-corrected chi connectivity index (χ3v) is 5.03. The molecule has 1 aromatic carbocycles. The highest BCUT2D eigenvalue weighted by Crippen LogP contribution is 2.37. The summed E-state index contributed by atoms with van der Waals surface area (Å²) in [5.41, 5.74) is 0.750. The minimum atomic E-state index is -4.50. The van der Waals surface area contributed by atoms with Crippen LogP contribution in [-0.2, 0) is 12.7 Å². The summed E-state index contributed by atoms with van der Waals surface area (Å²) >= 11 is 7.10. The number of pyridine rings is 1. The van der Waals surface area contributed by atoms with Gasteiger partial charge in [0.1, 0.15) is 5.03 Å². The molecular formula is C17H12ClF3N4S. The second kappa shape index (κ2) is 7.56. The van der Waals surface area contributed by atoms with Gasteiger partial charge >= 0.3 is 6.18 Å². The van der Waals surface area contributed by atoms with E-state index in [0.717, 1.165) is 35.1 Å². The Hall–Kier alpha value is -2.24. The van der Waals surface area contributed by atoms with Crippen LogP contribution in [0.15, 0.2) is 46.7 Å². The molecule has 3 rings (SSSR count). The molecule has 2 aromatic heterocycles. The van der Waals surface area contributed by atoms with Gasteiger partial charge in [0, 0.05) is 19.2 Å². The lowest BCUT2D eigenvalue weighted by atomic mass is 10.3. The van der Waals surface area contributed by atoms with Crippen molar-refractivity contribution in [3.8, 4) is 6.07 Å². The molecule has 0 saturated carbocycles. The fourth-order valence-electron chi connectivity index (χ4n) is 2.41. The zero-order chi connectivity index (χ0) is 18.7. The molecule has 0 amide bonds. The van der Waals surface area contributed by atoms with Crippen molar-refractivity contribution in [2.45, 2.75) is 35.7 Å². The molecule has 0 aliphatic rings. The molecule has 0 fully saturated rings. The minimum Gasteiger partial charge on any atom is -0.319 e. The van der Waals surface area contributed by atoms with Crippen LogP contribution in [0.4, 0.5) is 13.2 Å². The van der Waals surface area contributed by atoms with Crippen LogP contribution in [0.5, 0.6) is 0 Å². The molecule has 0 atom stereocenters. The lowest BCUT2D eigenvalue weighted by Gasteiger charge is -2.10. The molecule has 9 heteroatoms. The van der Waals surface area contributed by atoms with Gasteiger partial charge in [-0.3, -0.25) is 0 Å². The summed E-state index contributed by atoms with van der Waals surface area (Å²) in [6.45, 7) is 0.564. The number of aryl methyl sites for hydroxylation is 1. The first kappa shape index (κ1) is 18.5. The lowest BCUT2D eigenvalue weighted by Crippen LogP contribution is -2.06. The third kappa shape index (κ3) is 3.94. The van der Waals surface area contributed by atoms with E-state index >= 15 is 0 Å². The number of fused-ring (bicyclic) bond motifs is 1. The summed E-state index contributed by atoms with van der Waals surface area (Å²) in [5.74, 6) is 0. The van der Waals surface area contributed by atoms with Crippen LogP contribution in [0, 0.1) is 11.3 Å². The third-order valence-electron chi connectivity index (χ3n) is 3.61. The van der Waals surface area contributed by atoms with E-state index in [1.165, 1.54) is 0 Å². The number of rotatable bonds is 5. The van der Waals surface area contributed by atoms with Crippen molar-refractivity contribution in [3.05, 3.63) is 47.1 Å². The molecule has 3 aromatic rings. The van der Waals surface area contributed by atoms with Crippen LogP contribution in [0.3, 0.4) is 0 Å². The lowest BCUT2D eigenvalue weighted by molar-refractivity contribution is -0.137. The quantitative estimate of drug-likeness (QED) is 0.530. The molecule has 0 aliphatic heterocycles. The van der Waals surface area contributed by atoms with Gasteiger partial charge in [0.25, 0.3) is 0 Å². The van der Waals surface area contributed by atoms with Gasteiger partial charge in [-0.25, -0.2) is 9.97 Å². The smallest absolute Gasteiger partial charge is 0.319 e. The van der Waals surface area contributed by atoms with Crippen molar-refractivity contribution in [3.63, 3.8) is 0 Å². The van der Waals surface area contributed by atoms with Gasteiger partial charge in [-0.1, -0.05) is 23.7 Å². The number of alkyl halides is 3. The van der Waals surface area contributed by atoms with Crippen LogP contribution >= 0.6 is 23.4 Å². The predicted molar refractivity (Wildman–Crippen MR) is 93.0 cm³/mol. The van der Waals surface area contributed by atoms with Crippen LogP contribution in [-0.4, -0.2) is 14.5 Å². The zero-order valence-corrected chi connectivity index (χ0v) is 14.9. The first-order valence-corrected chi connectivity index (χ1v) is 8.82. The Labute approximate surface area is 156 Å². The first-order chi connectivity index (χ1) is 12.4. The first-order valence-electron chi connectivity index (χ1n) is 7.63. The number of imidazole rings is 1. The molecule has 26 heavy (non-hydrogen) atoms. The molecule has 0 radical (unpaired) electrons. The van der Waals surface area contributed by atoms with Gasteiger partial charge < -0.3 is 4.57 Å². The molecule has 134 valence electrons. The molecule has 0 aliphatic carbocycles. The predicted octanol–water partition coefficient (Wildman–Crippen LogP) is 5.56. The van der Waals surface area contributed by atoms with E-state index in [-0.39, 0.29) is 10.0 Å². The molecule has 4 nitrogen and oxygen atoms in total. The number of hydrogen-bond acceptors (Lipinski definition) is 4. The van der Waals surface area contributed by atoms with Gasteiger partial charge in [-0.2, -0.15) is 18.4 Å². The van der Waals surface area contributed by atoms with Gasteiger partial charge in [-0.05, 0) is 36.4 Å². The number of aromatic nitrogens is 3. The summed E-state index contributed by atoms with van der Waals surface area (Å²) in [4.78, 5) is 8.37. The van der Waals surface area contributed by atoms with E-state index in [9.17, 15) is 13.2 Å². The topological polar surface area (TPSA) is 54.5 Å². The molecular weight excluding hydrogens is 385 g/mol. The normalized spacial score (nSPS) is 11.7. The van der Waals surface area contributed by atoms with Crippen LogP contribution in [0.25, 0.3) is 11.0 Å². The molecule has 0 N–H and O–H groups in total. The number of unbranched alkanes of at least 4 members (excludes halogenated alkanes) is 1. The van der Waals surface area contributed by atoms with Crippen molar-refractivity contribution in [2.75, 3.05) is 0 Å². The highest BCUT2D eigenvalue weighted by molar-refractivity contribution is 7.99. The SMILES string of the molecule is N#CCCCn1c(Sc2ncc(C(F)(F)F)cc2Cl)nc2ccccc21. The van der Waals surface area contributed by atoms with E-state index in [1.807, 2.05) is 28.8 Å². The number of benzene rings is 1. The van der Waals surface area contributed by atoms with E-state index < -0.39 is 11.7 Å². The number of halogens is 4. The van der Waals surface area contributed by atoms with E-state index in [2.05, 4.69) is 16.0 Å². The zero-order valence-electron chi connectivity index (χ0n) is 13.3. The second-order valence-corrected chi connectivity index (χ2v) is 6.77. The highest BCUT2D eigenvalue weighted by Gasteiger charge is 2.31. The average molecular weight is 397 g/mol. The molecule has 0 spiro atoms. The Kier molecular flexibility index (Phi) is 5.39. The van der Waals surface area contributed by atoms with Crippen molar-refractivity contribution in [1.29, 1.82) is 5.26 Å². The van der Waals surface area contributed by atoms with Gasteiger partial charge in [0.2, 0.25) is 0 Å². The van der Waals surface area contributed by atoms with Crippen LogP contribution < -0.4 is 0 Å². The Morgan fingerprint density at radius 1 is 1.27 bits per heavy atom. The van der Waals surface area contributed by atoms with Crippen molar-refractivity contribution >= 4 is 34.4 Å². The van der Waals surface area contributed by atoms with Crippen molar-refractivity contribution in [1.82, 2.24) is 14.5 Å². The summed E-state index contributed by atoms with van der Waals surface area (Å²) in [7, 11) is 0. The van der Waals surface area contributed by atoms with E-state index in [4.69, 9.17) is 16.9 Å². The second-order valence-electron chi connectivity index (χ2n) is 5.41. The van der Waals surface area contributed by atoms with Crippen molar-refractivity contribution < 1.29 is 13.2 Å². The van der Waals surface area contributed by atoms with Gasteiger partial charge in [-0.15, -0.1) is 0 Å². The molecule has 2 heterocycles. The monoisotopic (exact) mass is 396 g/mol. The highest BCUT2D eigenvalue weighted by atomic mass is 35.5. The van der Waals surface area contributed by atoms with Crippen molar-refractivity contribution in [2.24, 2.45) is 0 Å². The average Bonchev–Trinajstić information content (AvgIpc) is 2.93. The summed E-state index contributed by atoms with van der Waals surface area (Å²) in [6.07, 6.45) is -2.70. The van der Waals surface area contributed by atoms with Crippen LogP contribution in [0.2, 0.25) is 5.02 Å². The van der Waals surface area contributed by atoms with Gasteiger partial charge in [0.05, 0.1) is 27.7 Å². The van der Waals surface area contributed by atoms with Crippen LogP contribution in [0.1, 0.15) is 18.4 Å². The minimum absolute atomic E-state index is 0.0829. The summed E-state index contributed by atoms with van der Waals surface area (Å²) in [6, 6.07) is 10.4. The maximum absolute atomic E-state index is 12.8. The Balaban J connectivity index is 1.95.